The van der Waals surface area contributed by atoms with Crippen molar-refractivity contribution in [1.29, 1.82) is 0 Å². The first-order valence-electron chi connectivity index (χ1n) is 6.87. The Bertz CT molecular complexity index is 610. The molecule has 0 spiro atoms. The fourth-order valence-electron chi connectivity index (χ4n) is 2.62. The molecule has 1 aliphatic carbocycles. The van der Waals surface area contributed by atoms with Crippen LogP contribution in [0.25, 0.3) is 0 Å². The predicted octanol–water partition coefficient (Wildman–Crippen LogP) is 1.40. The third-order valence-corrected chi connectivity index (χ3v) is 5.38. The molecule has 21 heavy (non-hydrogen) atoms. The van der Waals surface area contributed by atoms with Crippen LogP contribution >= 0.6 is 0 Å². The van der Waals surface area contributed by atoms with E-state index in [4.69, 9.17) is 0 Å². The number of hydrogen-bond donors (Lipinski definition) is 2. The Balaban J connectivity index is 2.15. The van der Waals surface area contributed by atoms with E-state index < -0.39 is 20.6 Å². The number of nitro groups is 1. The van der Waals surface area contributed by atoms with E-state index in [1.165, 1.54) is 24.3 Å². The highest BCUT2D eigenvalue weighted by atomic mass is 32.2. The zero-order chi connectivity index (χ0) is 15.5. The lowest BCUT2D eigenvalue weighted by atomic mass is 9.92. The van der Waals surface area contributed by atoms with E-state index in [1.54, 1.807) is 0 Å². The van der Waals surface area contributed by atoms with Crippen LogP contribution in [0.4, 0.5) is 5.69 Å². The Kier molecular flexibility index (Phi) is 4.92. The standard InChI is InChI=1S/C13H19N3O4S/c1-14-10-6-8-11(9-7-10)15-21(19,20)13-5-3-2-4-12(13)16(17)18/h2-5,10-11,14-15H,6-9H2,1H3. The summed E-state index contributed by atoms with van der Waals surface area (Å²) in [5.74, 6) is 0. The molecule has 0 bridgehead atoms. The van der Waals surface area contributed by atoms with Crippen LogP contribution in [0.3, 0.4) is 0 Å². The van der Waals surface area contributed by atoms with E-state index in [1.807, 2.05) is 7.05 Å². The fraction of sp³-hybridized carbons (Fsp3) is 0.538. The molecule has 0 heterocycles. The average Bonchev–Trinajstić information content (AvgIpc) is 2.47. The molecule has 116 valence electrons. The minimum atomic E-state index is -3.87. The summed E-state index contributed by atoms with van der Waals surface area (Å²) in [6.07, 6.45) is 3.23. The van der Waals surface area contributed by atoms with Crippen molar-refractivity contribution in [3.8, 4) is 0 Å². The van der Waals surface area contributed by atoms with Crippen LogP contribution in [-0.2, 0) is 10.0 Å². The van der Waals surface area contributed by atoms with E-state index in [0.717, 1.165) is 25.7 Å². The third kappa shape index (κ3) is 3.78. The normalized spacial score (nSPS) is 22.9. The molecule has 0 aromatic heterocycles. The number of para-hydroxylation sites is 1. The van der Waals surface area contributed by atoms with Gasteiger partial charge in [-0.3, -0.25) is 10.1 Å². The molecule has 0 aliphatic heterocycles. The van der Waals surface area contributed by atoms with Crippen LogP contribution in [0.1, 0.15) is 25.7 Å². The van der Waals surface area contributed by atoms with Gasteiger partial charge in [-0.15, -0.1) is 0 Å². The van der Waals surface area contributed by atoms with Crippen LogP contribution in [0.5, 0.6) is 0 Å². The highest BCUT2D eigenvalue weighted by Gasteiger charge is 2.29. The molecule has 1 aromatic rings. The fourth-order valence-corrected chi connectivity index (χ4v) is 4.10. The lowest BCUT2D eigenvalue weighted by molar-refractivity contribution is -0.387. The monoisotopic (exact) mass is 313 g/mol. The summed E-state index contributed by atoms with van der Waals surface area (Å²) < 4.78 is 27.3. The zero-order valence-corrected chi connectivity index (χ0v) is 12.6. The van der Waals surface area contributed by atoms with Crippen molar-refractivity contribution in [1.82, 2.24) is 10.0 Å². The second kappa shape index (κ2) is 6.50. The van der Waals surface area contributed by atoms with Crippen LogP contribution < -0.4 is 10.0 Å². The van der Waals surface area contributed by atoms with Crippen molar-refractivity contribution in [2.24, 2.45) is 0 Å². The first kappa shape index (κ1) is 15.9. The number of benzene rings is 1. The predicted molar refractivity (Wildman–Crippen MR) is 78.5 cm³/mol. The van der Waals surface area contributed by atoms with Gasteiger partial charge in [-0.05, 0) is 38.8 Å². The lowest BCUT2D eigenvalue weighted by Crippen LogP contribution is -2.41. The Morgan fingerprint density at radius 3 is 2.29 bits per heavy atom. The molecule has 0 saturated heterocycles. The molecule has 2 rings (SSSR count). The van der Waals surface area contributed by atoms with E-state index >= 15 is 0 Å². The van der Waals surface area contributed by atoms with E-state index in [9.17, 15) is 18.5 Å². The summed E-state index contributed by atoms with van der Waals surface area (Å²) in [5.41, 5.74) is -0.395. The van der Waals surface area contributed by atoms with Gasteiger partial charge < -0.3 is 5.32 Å². The van der Waals surface area contributed by atoms with Crippen molar-refractivity contribution in [2.45, 2.75) is 42.7 Å². The minimum Gasteiger partial charge on any atom is -0.317 e. The van der Waals surface area contributed by atoms with Gasteiger partial charge in [0.1, 0.15) is 0 Å². The molecule has 7 nitrogen and oxygen atoms in total. The van der Waals surface area contributed by atoms with Gasteiger partial charge in [0.05, 0.1) is 4.92 Å². The molecule has 2 N–H and O–H groups in total. The summed E-state index contributed by atoms with van der Waals surface area (Å²) in [5, 5.41) is 14.1. The number of nitrogens with one attached hydrogen (secondary N) is 2. The van der Waals surface area contributed by atoms with Crippen LogP contribution in [0.15, 0.2) is 29.2 Å². The molecule has 0 radical (unpaired) electrons. The van der Waals surface area contributed by atoms with Gasteiger partial charge in [0, 0.05) is 18.2 Å². The smallest absolute Gasteiger partial charge is 0.289 e. The van der Waals surface area contributed by atoms with Gasteiger partial charge in [-0.25, -0.2) is 13.1 Å². The summed E-state index contributed by atoms with van der Waals surface area (Å²) in [7, 11) is -1.98. The highest BCUT2D eigenvalue weighted by molar-refractivity contribution is 7.89. The summed E-state index contributed by atoms with van der Waals surface area (Å²) >= 11 is 0. The van der Waals surface area contributed by atoms with E-state index in [0.29, 0.717) is 6.04 Å². The molecule has 1 fully saturated rings. The van der Waals surface area contributed by atoms with E-state index in [-0.39, 0.29) is 10.9 Å². The van der Waals surface area contributed by atoms with Crippen molar-refractivity contribution in [2.75, 3.05) is 7.05 Å². The number of hydrogen-bond acceptors (Lipinski definition) is 5. The summed E-state index contributed by atoms with van der Waals surface area (Å²) in [6.45, 7) is 0. The Morgan fingerprint density at radius 1 is 1.14 bits per heavy atom. The second-order valence-electron chi connectivity index (χ2n) is 5.18. The maximum atomic E-state index is 12.3. The molecule has 8 heteroatoms. The largest absolute Gasteiger partial charge is 0.317 e. The lowest BCUT2D eigenvalue weighted by Gasteiger charge is -2.28. The van der Waals surface area contributed by atoms with Gasteiger partial charge in [-0.2, -0.15) is 0 Å². The van der Waals surface area contributed by atoms with Gasteiger partial charge >= 0.3 is 0 Å². The summed E-state index contributed by atoms with van der Waals surface area (Å²) in [6, 6.07) is 5.65. The van der Waals surface area contributed by atoms with Crippen molar-refractivity contribution >= 4 is 15.7 Å². The number of nitrogens with zero attached hydrogens (tertiary/aromatic N) is 1. The molecular weight excluding hydrogens is 294 g/mol. The number of nitro benzene ring substituents is 1. The second-order valence-corrected chi connectivity index (χ2v) is 6.87. The van der Waals surface area contributed by atoms with Gasteiger partial charge in [0.15, 0.2) is 4.90 Å². The molecular formula is C13H19N3O4S. The Labute approximate surface area is 123 Å². The van der Waals surface area contributed by atoms with Gasteiger partial charge in [0.2, 0.25) is 10.0 Å². The molecule has 0 amide bonds. The molecule has 1 aromatic carbocycles. The Morgan fingerprint density at radius 2 is 1.71 bits per heavy atom. The first-order chi connectivity index (χ1) is 9.94. The van der Waals surface area contributed by atoms with Crippen LogP contribution in [-0.4, -0.2) is 32.5 Å². The SMILES string of the molecule is CNC1CCC(NS(=O)(=O)c2ccccc2[N+](=O)[O-])CC1. The van der Waals surface area contributed by atoms with Crippen molar-refractivity contribution in [3.05, 3.63) is 34.4 Å². The van der Waals surface area contributed by atoms with Crippen LogP contribution in [0.2, 0.25) is 0 Å². The quantitative estimate of drug-likeness (QED) is 0.632. The van der Waals surface area contributed by atoms with Crippen molar-refractivity contribution < 1.29 is 13.3 Å². The first-order valence-corrected chi connectivity index (χ1v) is 8.35. The molecule has 0 atom stereocenters. The minimum absolute atomic E-state index is 0.167. The topological polar surface area (TPSA) is 101 Å². The highest BCUT2D eigenvalue weighted by Crippen LogP contribution is 2.25. The van der Waals surface area contributed by atoms with Gasteiger partial charge in [0.25, 0.3) is 5.69 Å². The summed E-state index contributed by atoms with van der Waals surface area (Å²) in [4.78, 5) is 10.0. The molecule has 1 aliphatic rings. The maximum absolute atomic E-state index is 12.3. The number of rotatable bonds is 5. The van der Waals surface area contributed by atoms with Crippen LogP contribution in [0, 0.1) is 10.1 Å². The maximum Gasteiger partial charge on any atom is 0.289 e. The Hall–Kier alpha value is -1.51. The third-order valence-electron chi connectivity index (χ3n) is 3.81. The molecule has 1 saturated carbocycles. The van der Waals surface area contributed by atoms with Gasteiger partial charge in [-0.1, -0.05) is 12.1 Å². The number of sulfonamides is 1. The van der Waals surface area contributed by atoms with Crippen molar-refractivity contribution in [3.63, 3.8) is 0 Å². The molecule has 0 unspecified atom stereocenters. The zero-order valence-electron chi connectivity index (χ0n) is 11.8. The van der Waals surface area contributed by atoms with E-state index in [2.05, 4.69) is 10.0 Å². The average molecular weight is 313 g/mol.